The highest BCUT2D eigenvalue weighted by Crippen LogP contribution is 2.24. The summed E-state index contributed by atoms with van der Waals surface area (Å²) in [7, 11) is -2.36. The van der Waals surface area contributed by atoms with Gasteiger partial charge in [0.15, 0.2) is 0 Å². The number of hydrogen-bond donors (Lipinski definition) is 1. The highest BCUT2D eigenvalue weighted by Gasteiger charge is 2.30. The third-order valence-corrected chi connectivity index (χ3v) is 9.16. The largest absolute Gasteiger partial charge is 0.444 e. The molecule has 2 aliphatic heterocycles. The van der Waals surface area contributed by atoms with Crippen LogP contribution in [0.15, 0.2) is 4.40 Å². The van der Waals surface area contributed by atoms with Gasteiger partial charge in [-0.2, -0.15) is 4.40 Å². The summed E-state index contributed by atoms with van der Waals surface area (Å²) in [5.74, 6) is 0.930. The highest BCUT2D eigenvalue weighted by atomic mass is 32.2. The van der Waals surface area contributed by atoms with Crippen molar-refractivity contribution in [2.75, 3.05) is 26.2 Å². The Bertz CT molecular complexity index is 1010. The second-order valence-corrected chi connectivity index (χ2v) is 19.3. The summed E-state index contributed by atoms with van der Waals surface area (Å²) in [4.78, 5) is 37.5. The fourth-order valence-corrected chi connectivity index (χ4v) is 4.57. The van der Waals surface area contributed by atoms with E-state index in [4.69, 9.17) is 14.6 Å². The first kappa shape index (κ1) is 43.1. The molecule has 0 spiro atoms. The van der Waals surface area contributed by atoms with E-state index in [2.05, 4.69) is 4.40 Å². The Balaban J connectivity index is 0.000000733. The van der Waals surface area contributed by atoms with E-state index in [1.54, 1.807) is 16.0 Å². The predicted molar refractivity (Wildman–Crippen MR) is 185 cm³/mol. The number of carbonyl (C=O) groups is 3. The molecule has 0 saturated carbocycles. The fourth-order valence-electron chi connectivity index (χ4n) is 4.01. The molecule has 264 valence electrons. The quantitative estimate of drug-likeness (QED) is 0.249. The molecule has 2 unspecified atom stereocenters. The van der Waals surface area contributed by atoms with Gasteiger partial charge in [-0.15, -0.1) is 0 Å². The Kier molecular flexibility index (Phi) is 18.3. The summed E-state index contributed by atoms with van der Waals surface area (Å²) in [6, 6.07) is 0. The van der Waals surface area contributed by atoms with Gasteiger partial charge >= 0.3 is 12.2 Å². The third-order valence-electron chi connectivity index (χ3n) is 6.57. The summed E-state index contributed by atoms with van der Waals surface area (Å²) < 4.78 is 36.4. The van der Waals surface area contributed by atoms with Crippen LogP contribution in [-0.4, -0.2) is 89.8 Å². The lowest BCUT2D eigenvalue weighted by Gasteiger charge is -2.24. The predicted octanol–water partition coefficient (Wildman–Crippen LogP) is 6.19. The average molecular weight is 679 g/mol. The highest BCUT2D eigenvalue weighted by molar-refractivity contribution is 7.85. The van der Waals surface area contributed by atoms with Crippen LogP contribution in [0.2, 0.25) is 0 Å². The van der Waals surface area contributed by atoms with Crippen molar-refractivity contribution in [1.29, 1.82) is 0 Å². The number of nitrogens with zero attached hydrogens (tertiary/aromatic N) is 3. The van der Waals surface area contributed by atoms with Crippen LogP contribution in [0.25, 0.3) is 0 Å². The fraction of sp³-hybridized carbons (Fsp3) is 0.875. The van der Waals surface area contributed by atoms with E-state index >= 15 is 0 Å². The molecule has 4 atom stereocenters. The number of hydrogen-bond acceptors (Lipinski definition) is 7. The van der Waals surface area contributed by atoms with Crippen LogP contribution in [-0.2, 0) is 36.2 Å². The van der Waals surface area contributed by atoms with Gasteiger partial charge in [0.25, 0.3) is 0 Å². The van der Waals surface area contributed by atoms with Crippen molar-refractivity contribution in [3.63, 3.8) is 0 Å². The molecule has 13 heteroatoms. The van der Waals surface area contributed by atoms with E-state index in [0.29, 0.717) is 18.3 Å². The standard InChI is InChI=1S/C16H30N2O3S.C12H21NO3.C4H11NOS/c1-15(2,3)21-14(19)18-11-9-13(12-18)8-7-10-17-22(20)16(4,5)6;1-12(2,3)16-11(15)13-7-6-10(9-13)5-4-8-14;1-4(2,3)7(5)6/h10,13H,7-9,11-12H2,1-6H3;8,10H,4-7,9H2,1-3H3;5H2,1-3H3/t13-,22?;10-;/m00./s1. The monoisotopic (exact) mass is 678 g/mol. The van der Waals surface area contributed by atoms with E-state index in [-0.39, 0.29) is 21.7 Å². The van der Waals surface area contributed by atoms with Crippen LogP contribution < -0.4 is 5.14 Å². The van der Waals surface area contributed by atoms with Gasteiger partial charge in [0.05, 0.1) is 20.5 Å². The molecule has 11 nitrogen and oxygen atoms in total. The Morgan fingerprint density at radius 3 is 1.44 bits per heavy atom. The molecule has 2 rings (SSSR count). The topological polar surface area (TPSA) is 149 Å². The average Bonchev–Trinajstić information content (AvgIpc) is 3.53. The van der Waals surface area contributed by atoms with Gasteiger partial charge in [0, 0.05) is 38.8 Å². The number of ether oxygens (including phenoxy) is 2. The van der Waals surface area contributed by atoms with Gasteiger partial charge in [0.1, 0.15) is 28.5 Å². The normalized spacial score (nSPS) is 20.5. The first-order chi connectivity index (χ1) is 20.4. The molecular formula is C32H62N4O7S2. The van der Waals surface area contributed by atoms with Crippen molar-refractivity contribution in [1.82, 2.24) is 9.80 Å². The molecule has 2 amide bonds. The molecule has 0 aliphatic carbocycles. The van der Waals surface area contributed by atoms with Crippen molar-refractivity contribution in [3.8, 4) is 0 Å². The van der Waals surface area contributed by atoms with E-state index in [0.717, 1.165) is 64.6 Å². The molecular weight excluding hydrogens is 617 g/mol. The van der Waals surface area contributed by atoms with Gasteiger partial charge < -0.3 is 24.1 Å². The Morgan fingerprint density at radius 1 is 0.756 bits per heavy atom. The molecule has 0 radical (unpaired) electrons. The molecule has 2 fully saturated rings. The van der Waals surface area contributed by atoms with Gasteiger partial charge in [-0.25, -0.2) is 18.0 Å². The minimum Gasteiger partial charge on any atom is -0.444 e. The summed E-state index contributed by atoms with van der Waals surface area (Å²) in [5, 5.41) is 5.04. The van der Waals surface area contributed by atoms with Gasteiger partial charge in [-0.1, -0.05) is 0 Å². The number of amides is 2. The molecule has 2 aliphatic rings. The van der Waals surface area contributed by atoms with Crippen LogP contribution >= 0.6 is 0 Å². The van der Waals surface area contributed by atoms with Gasteiger partial charge in [-0.3, -0.25) is 5.14 Å². The smallest absolute Gasteiger partial charge is 0.410 e. The van der Waals surface area contributed by atoms with Crippen LogP contribution in [0.5, 0.6) is 0 Å². The van der Waals surface area contributed by atoms with E-state index in [1.165, 1.54) is 0 Å². The number of aldehydes is 1. The Hall–Kier alpha value is -1.86. The molecule has 2 N–H and O–H groups in total. The summed E-state index contributed by atoms with van der Waals surface area (Å²) in [6.07, 6.45) is 7.45. The van der Waals surface area contributed by atoms with Crippen LogP contribution in [0.3, 0.4) is 0 Å². The molecule has 0 bridgehead atoms. The Morgan fingerprint density at radius 2 is 1.13 bits per heavy atom. The van der Waals surface area contributed by atoms with Gasteiger partial charge in [-0.05, 0) is 127 Å². The Labute approximate surface area is 278 Å². The number of nitrogens with two attached hydrogens (primary N) is 1. The molecule has 2 heterocycles. The lowest BCUT2D eigenvalue weighted by molar-refractivity contribution is -0.108. The zero-order valence-corrected chi connectivity index (χ0v) is 31.6. The molecule has 0 aromatic carbocycles. The molecule has 2 saturated heterocycles. The van der Waals surface area contributed by atoms with Crippen molar-refractivity contribution < 1.29 is 32.3 Å². The zero-order valence-electron chi connectivity index (χ0n) is 30.0. The minimum absolute atomic E-state index is 0.225. The van der Waals surface area contributed by atoms with Crippen LogP contribution in [0.4, 0.5) is 9.59 Å². The third kappa shape index (κ3) is 20.8. The van der Waals surface area contributed by atoms with E-state index in [9.17, 15) is 22.8 Å². The summed E-state index contributed by atoms with van der Waals surface area (Å²) >= 11 is 0. The lowest BCUT2D eigenvalue weighted by atomic mass is 10.0. The molecule has 0 aromatic heterocycles. The molecule has 45 heavy (non-hydrogen) atoms. The maximum Gasteiger partial charge on any atom is 0.410 e. The lowest BCUT2D eigenvalue weighted by Crippen LogP contribution is -2.35. The zero-order chi connectivity index (χ0) is 35.2. The van der Waals surface area contributed by atoms with Crippen molar-refractivity contribution in [3.05, 3.63) is 0 Å². The van der Waals surface area contributed by atoms with Crippen LogP contribution in [0.1, 0.15) is 122 Å². The first-order valence-corrected chi connectivity index (χ1v) is 18.2. The minimum atomic E-state index is -1.18. The number of likely N-dealkylation sites (tertiary alicyclic amines) is 2. The number of rotatable bonds is 7. The number of carbonyl (C=O) groups excluding carboxylic acids is 3. The molecule has 0 aromatic rings. The summed E-state index contributed by atoms with van der Waals surface area (Å²) in [6.45, 7) is 25.5. The van der Waals surface area contributed by atoms with Crippen LogP contribution in [0, 0.1) is 11.8 Å². The first-order valence-electron chi connectivity index (χ1n) is 15.9. The van der Waals surface area contributed by atoms with E-state index < -0.39 is 33.2 Å². The second-order valence-electron chi connectivity index (χ2n) is 15.5. The SMILES string of the molecule is CC(C)(C)OC(=O)N1CC[C@H](CCC=NS(=O)C(C)(C)C)C1.CC(C)(C)OC(=O)N1CC[C@H](CCC=O)C1.CC(C)(C)S(N)=O. The maximum absolute atomic E-state index is 12.0. The van der Waals surface area contributed by atoms with Crippen molar-refractivity contribution in [2.45, 2.75) is 142 Å². The maximum atomic E-state index is 12.0. The second kappa shape index (κ2) is 19.1. The van der Waals surface area contributed by atoms with Crippen molar-refractivity contribution in [2.24, 2.45) is 21.4 Å². The summed E-state index contributed by atoms with van der Waals surface area (Å²) in [5.41, 5.74) is -0.878. The van der Waals surface area contributed by atoms with Gasteiger partial charge in [0.2, 0.25) is 0 Å². The van der Waals surface area contributed by atoms with Crippen molar-refractivity contribution >= 4 is 46.7 Å². The van der Waals surface area contributed by atoms with E-state index in [1.807, 2.05) is 83.1 Å².